The summed E-state index contributed by atoms with van der Waals surface area (Å²) < 4.78 is 9.01. The van der Waals surface area contributed by atoms with Crippen molar-refractivity contribution in [3.8, 4) is 51.0 Å². The van der Waals surface area contributed by atoms with Gasteiger partial charge in [-0.15, -0.1) is 0 Å². The average molecular weight is 683 g/mol. The van der Waals surface area contributed by atoms with E-state index in [4.69, 9.17) is 19.4 Å². The summed E-state index contributed by atoms with van der Waals surface area (Å²) in [6.45, 7) is 4.70. The van der Waals surface area contributed by atoms with Crippen molar-refractivity contribution in [1.82, 2.24) is 19.5 Å². The molecule has 0 aliphatic heterocycles. The van der Waals surface area contributed by atoms with Gasteiger partial charge in [0.25, 0.3) is 0 Å². The van der Waals surface area contributed by atoms with Crippen LogP contribution < -0.4 is 0 Å². The third kappa shape index (κ3) is 4.47. The Bertz CT molecular complexity index is 2910. The number of rotatable bonds is 4. The van der Waals surface area contributed by atoms with Crippen LogP contribution >= 0.6 is 0 Å². The Morgan fingerprint density at radius 3 is 2.04 bits per heavy atom. The molecule has 5 heteroatoms. The first kappa shape index (κ1) is 30.1. The third-order valence-corrected chi connectivity index (χ3v) is 11.3. The van der Waals surface area contributed by atoms with E-state index in [1.54, 1.807) is 0 Å². The highest BCUT2D eigenvalue weighted by atomic mass is 16.3. The van der Waals surface area contributed by atoms with Crippen LogP contribution in [0.4, 0.5) is 0 Å². The number of furan rings is 1. The smallest absolute Gasteiger partial charge is 0.164 e. The van der Waals surface area contributed by atoms with Crippen molar-refractivity contribution < 1.29 is 4.42 Å². The number of nitrogens with zero attached hydrogens (tertiary/aromatic N) is 4. The summed E-state index contributed by atoms with van der Waals surface area (Å²) in [6.07, 6.45) is 6.42. The second-order valence-electron chi connectivity index (χ2n) is 14.7. The Morgan fingerprint density at radius 2 is 1.28 bits per heavy atom. The van der Waals surface area contributed by atoms with Gasteiger partial charge in [-0.05, 0) is 65.1 Å². The minimum atomic E-state index is -0.136. The number of hydrogen-bond acceptors (Lipinski definition) is 4. The molecule has 0 bridgehead atoms. The molecule has 3 heterocycles. The van der Waals surface area contributed by atoms with Gasteiger partial charge in [-0.2, -0.15) is 0 Å². The van der Waals surface area contributed by atoms with Gasteiger partial charge in [-0.3, -0.25) is 0 Å². The molecule has 9 aromatic rings. The Kier molecular flexibility index (Phi) is 6.36. The van der Waals surface area contributed by atoms with Gasteiger partial charge in [0.2, 0.25) is 0 Å². The van der Waals surface area contributed by atoms with E-state index in [-0.39, 0.29) is 5.41 Å². The quantitative estimate of drug-likeness (QED) is 0.185. The molecule has 0 unspecified atom stereocenters. The van der Waals surface area contributed by atoms with Gasteiger partial charge < -0.3 is 8.98 Å². The average Bonchev–Trinajstić information content (AvgIpc) is 3.83. The van der Waals surface area contributed by atoms with Crippen molar-refractivity contribution in [3.63, 3.8) is 0 Å². The van der Waals surface area contributed by atoms with E-state index in [9.17, 15) is 0 Å². The van der Waals surface area contributed by atoms with Crippen LogP contribution in [0.2, 0.25) is 0 Å². The zero-order valence-electron chi connectivity index (χ0n) is 29.5. The van der Waals surface area contributed by atoms with Gasteiger partial charge in [-0.25, -0.2) is 15.0 Å². The second-order valence-corrected chi connectivity index (χ2v) is 14.7. The summed E-state index contributed by atoms with van der Waals surface area (Å²) in [4.78, 5) is 15.1. The van der Waals surface area contributed by atoms with Crippen LogP contribution in [0.25, 0.3) is 89.8 Å². The first-order chi connectivity index (χ1) is 26.0. The van der Waals surface area contributed by atoms with Crippen LogP contribution in [-0.2, 0) is 11.8 Å². The van der Waals surface area contributed by atoms with Gasteiger partial charge in [0.1, 0.15) is 11.3 Å². The standard InChI is InChI=1S/C48H34N4O/c1-48(2)38-22-11-9-20-33(38)36-27-37-34-24-25-42-43(35-21-10-12-23-41(35)53-42)44(34)52(40(37)28-39(36)48)32-19-13-18-31(26-32)47-50-45(29-14-5-3-6-15-29)49-46(51-47)30-16-7-4-8-17-30/h3-11,13-22,24-28H,12,23H2,1-2H3. The van der Waals surface area contributed by atoms with Crippen molar-refractivity contribution in [1.29, 1.82) is 0 Å². The predicted octanol–water partition coefficient (Wildman–Crippen LogP) is 12.0. The van der Waals surface area contributed by atoms with E-state index in [1.165, 1.54) is 44.1 Å². The summed E-state index contributed by atoms with van der Waals surface area (Å²) in [5.41, 5.74) is 13.5. The highest BCUT2D eigenvalue weighted by molar-refractivity contribution is 6.21. The van der Waals surface area contributed by atoms with Crippen LogP contribution in [0.5, 0.6) is 0 Å². The lowest BCUT2D eigenvalue weighted by molar-refractivity contribution is 0.546. The molecule has 0 saturated heterocycles. The molecule has 2 aliphatic carbocycles. The first-order valence-corrected chi connectivity index (χ1v) is 18.3. The number of aromatic nitrogens is 4. The van der Waals surface area contributed by atoms with Gasteiger partial charge in [0.15, 0.2) is 17.5 Å². The lowest BCUT2D eigenvalue weighted by Crippen LogP contribution is -2.15. The Hall–Kier alpha value is -6.59. The van der Waals surface area contributed by atoms with Gasteiger partial charge >= 0.3 is 0 Å². The van der Waals surface area contributed by atoms with Crippen molar-refractivity contribution in [3.05, 3.63) is 162 Å². The van der Waals surface area contributed by atoms with E-state index >= 15 is 0 Å². The second kappa shape index (κ2) is 11.2. The van der Waals surface area contributed by atoms with Gasteiger partial charge in [0.05, 0.1) is 16.4 Å². The number of fused-ring (bicyclic) bond motifs is 10. The molecule has 0 fully saturated rings. The lowest BCUT2D eigenvalue weighted by Gasteiger charge is -2.21. The molecule has 2 aliphatic rings. The molecule has 11 rings (SSSR count). The molecular weight excluding hydrogens is 649 g/mol. The molecule has 53 heavy (non-hydrogen) atoms. The molecule has 0 amide bonds. The van der Waals surface area contributed by atoms with Crippen LogP contribution in [0, 0.1) is 0 Å². The molecule has 252 valence electrons. The first-order valence-electron chi connectivity index (χ1n) is 18.3. The maximum Gasteiger partial charge on any atom is 0.164 e. The summed E-state index contributed by atoms with van der Waals surface area (Å²) in [5, 5.41) is 3.60. The summed E-state index contributed by atoms with van der Waals surface area (Å²) >= 11 is 0. The van der Waals surface area contributed by atoms with Crippen molar-refractivity contribution in [2.45, 2.75) is 32.1 Å². The van der Waals surface area contributed by atoms with Crippen LogP contribution in [0.15, 0.2) is 144 Å². The molecule has 0 N–H and O–H groups in total. The fourth-order valence-corrected chi connectivity index (χ4v) is 8.72. The topological polar surface area (TPSA) is 56.7 Å². The Labute approximate surface area is 306 Å². The summed E-state index contributed by atoms with van der Waals surface area (Å²) in [7, 11) is 0. The number of aryl methyl sites for hydroxylation is 1. The van der Waals surface area contributed by atoms with E-state index < -0.39 is 0 Å². The highest BCUT2D eigenvalue weighted by Crippen LogP contribution is 2.52. The van der Waals surface area contributed by atoms with E-state index in [1.807, 2.05) is 60.7 Å². The molecule has 0 radical (unpaired) electrons. The fourth-order valence-electron chi connectivity index (χ4n) is 8.72. The highest BCUT2D eigenvalue weighted by Gasteiger charge is 2.36. The zero-order valence-corrected chi connectivity index (χ0v) is 29.5. The summed E-state index contributed by atoms with van der Waals surface area (Å²) in [5.74, 6) is 2.98. The fraction of sp³-hybridized carbons (Fsp3) is 0.104. The van der Waals surface area contributed by atoms with Gasteiger partial charge in [0, 0.05) is 50.5 Å². The molecule has 0 spiro atoms. The lowest BCUT2D eigenvalue weighted by atomic mass is 9.82. The SMILES string of the molecule is CC1(C)c2ccccc2-c2cc3c4ccc5oc6c(c5c4n(-c4cccc(-c5nc(-c7ccccc7)nc(-c7ccccc7)n5)c4)c3cc21)C=CCC6. The number of allylic oxidation sites excluding steroid dienone is 1. The maximum absolute atomic E-state index is 6.56. The van der Waals surface area contributed by atoms with Gasteiger partial charge in [-0.1, -0.05) is 123 Å². The monoisotopic (exact) mass is 682 g/mol. The Morgan fingerprint density at radius 1 is 0.604 bits per heavy atom. The van der Waals surface area contributed by atoms with Crippen LogP contribution in [0.3, 0.4) is 0 Å². The summed E-state index contributed by atoms with van der Waals surface area (Å²) in [6, 6.07) is 47.1. The van der Waals surface area contributed by atoms with Crippen molar-refractivity contribution in [2.24, 2.45) is 0 Å². The minimum Gasteiger partial charge on any atom is -0.460 e. The predicted molar refractivity (Wildman–Crippen MR) is 215 cm³/mol. The molecular formula is C48H34N4O. The third-order valence-electron chi connectivity index (χ3n) is 11.3. The van der Waals surface area contributed by atoms with E-state index in [2.05, 4.69) is 103 Å². The molecule has 3 aromatic heterocycles. The van der Waals surface area contributed by atoms with Crippen LogP contribution in [0.1, 0.15) is 42.7 Å². The van der Waals surface area contributed by atoms with Crippen LogP contribution in [-0.4, -0.2) is 19.5 Å². The van der Waals surface area contributed by atoms with Crippen molar-refractivity contribution >= 4 is 38.9 Å². The number of hydrogen-bond donors (Lipinski definition) is 0. The molecule has 0 atom stereocenters. The maximum atomic E-state index is 6.56. The number of benzene rings is 6. The normalized spacial score (nSPS) is 14.2. The largest absolute Gasteiger partial charge is 0.460 e. The van der Waals surface area contributed by atoms with Crippen molar-refractivity contribution in [2.75, 3.05) is 0 Å². The minimum absolute atomic E-state index is 0.136. The zero-order chi connectivity index (χ0) is 35.3. The molecule has 0 saturated carbocycles. The molecule has 5 nitrogen and oxygen atoms in total. The Balaban J connectivity index is 1.20. The van der Waals surface area contributed by atoms with E-state index in [0.29, 0.717) is 17.5 Å². The van der Waals surface area contributed by atoms with E-state index in [0.717, 1.165) is 57.5 Å². The molecule has 6 aromatic carbocycles.